The highest BCUT2D eigenvalue weighted by Crippen LogP contribution is 2.21. The average Bonchev–Trinajstić information content (AvgIpc) is 2.64. The highest BCUT2D eigenvalue weighted by Gasteiger charge is 2.20. The van der Waals surface area contributed by atoms with E-state index in [1.165, 1.54) is 0 Å². The Bertz CT molecular complexity index is 839. The Morgan fingerprint density at radius 2 is 1.61 bits per heavy atom. The SMILES string of the molecule is CN(C)c1ccc([C@@H](CNC(=O)C(=O)Nc2cc(F)ccc2F)N(C)C)cc1. The van der Waals surface area contributed by atoms with Gasteiger partial charge in [0.25, 0.3) is 0 Å². The lowest BCUT2D eigenvalue weighted by atomic mass is 10.1. The summed E-state index contributed by atoms with van der Waals surface area (Å²) in [5, 5.41) is 4.61. The van der Waals surface area contributed by atoms with Crippen molar-refractivity contribution in [2.45, 2.75) is 6.04 Å². The van der Waals surface area contributed by atoms with Crippen LogP contribution in [0.4, 0.5) is 20.2 Å². The summed E-state index contributed by atoms with van der Waals surface area (Å²) in [4.78, 5) is 28.0. The third-order valence-corrected chi connectivity index (χ3v) is 4.26. The van der Waals surface area contributed by atoms with E-state index in [2.05, 4.69) is 10.6 Å². The second-order valence-corrected chi connectivity index (χ2v) is 6.75. The third kappa shape index (κ3) is 5.50. The third-order valence-electron chi connectivity index (χ3n) is 4.26. The number of carbonyl (C=O) groups is 2. The Morgan fingerprint density at radius 1 is 0.964 bits per heavy atom. The van der Waals surface area contributed by atoms with Gasteiger partial charge in [-0.3, -0.25) is 9.59 Å². The van der Waals surface area contributed by atoms with Gasteiger partial charge in [0, 0.05) is 32.4 Å². The summed E-state index contributed by atoms with van der Waals surface area (Å²) < 4.78 is 26.8. The molecule has 0 fully saturated rings. The fourth-order valence-electron chi connectivity index (χ4n) is 2.64. The number of halogens is 2. The number of benzene rings is 2. The van der Waals surface area contributed by atoms with Gasteiger partial charge in [-0.15, -0.1) is 0 Å². The zero-order valence-electron chi connectivity index (χ0n) is 16.3. The van der Waals surface area contributed by atoms with E-state index in [0.717, 1.165) is 29.4 Å². The number of anilines is 2. The van der Waals surface area contributed by atoms with E-state index < -0.39 is 23.4 Å². The van der Waals surface area contributed by atoms with Gasteiger partial charge >= 0.3 is 11.8 Å². The molecule has 2 amide bonds. The molecule has 2 N–H and O–H groups in total. The first kappa shape index (κ1) is 21.3. The molecule has 0 unspecified atom stereocenters. The van der Waals surface area contributed by atoms with Crippen LogP contribution >= 0.6 is 0 Å². The van der Waals surface area contributed by atoms with Crippen molar-refractivity contribution in [3.05, 3.63) is 59.7 Å². The van der Waals surface area contributed by atoms with Crippen LogP contribution in [-0.4, -0.2) is 51.4 Å². The summed E-state index contributed by atoms with van der Waals surface area (Å²) in [5.41, 5.74) is 1.62. The van der Waals surface area contributed by atoms with Crippen molar-refractivity contribution in [1.29, 1.82) is 0 Å². The minimum absolute atomic E-state index is 0.168. The smallest absolute Gasteiger partial charge is 0.313 e. The molecule has 1 atom stereocenters. The Hall–Kier alpha value is -3.00. The molecule has 0 radical (unpaired) electrons. The molecule has 0 aliphatic carbocycles. The highest BCUT2D eigenvalue weighted by atomic mass is 19.1. The number of nitrogens with zero attached hydrogens (tertiary/aromatic N) is 2. The standard InChI is InChI=1S/C20H24F2N4O2/c1-25(2)15-8-5-13(6-9-15)18(26(3)4)12-23-19(27)20(28)24-17-11-14(21)7-10-16(17)22/h5-11,18H,12H2,1-4H3,(H,23,27)(H,24,28)/t18-/m1/s1. The van der Waals surface area contributed by atoms with Crippen LogP contribution in [0.25, 0.3) is 0 Å². The zero-order valence-corrected chi connectivity index (χ0v) is 16.3. The van der Waals surface area contributed by atoms with Crippen LogP contribution in [0.15, 0.2) is 42.5 Å². The Labute approximate surface area is 163 Å². The molecule has 0 saturated carbocycles. The monoisotopic (exact) mass is 390 g/mol. The number of hydrogen-bond acceptors (Lipinski definition) is 4. The van der Waals surface area contributed by atoms with Gasteiger partial charge < -0.3 is 20.4 Å². The first-order valence-electron chi connectivity index (χ1n) is 8.67. The Kier molecular flexibility index (Phi) is 7.06. The van der Waals surface area contributed by atoms with Gasteiger partial charge in [-0.05, 0) is 43.9 Å². The lowest BCUT2D eigenvalue weighted by molar-refractivity contribution is -0.136. The van der Waals surface area contributed by atoms with Gasteiger partial charge in [0.05, 0.1) is 11.7 Å². The van der Waals surface area contributed by atoms with E-state index >= 15 is 0 Å². The minimum Gasteiger partial charge on any atom is -0.378 e. The molecule has 2 aromatic rings. The molecule has 6 nitrogen and oxygen atoms in total. The van der Waals surface area contributed by atoms with Crippen LogP contribution in [0.3, 0.4) is 0 Å². The molecule has 0 aliphatic rings. The van der Waals surface area contributed by atoms with Gasteiger partial charge in [0.15, 0.2) is 0 Å². The van der Waals surface area contributed by atoms with Gasteiger partial charge in [-0.1, -0.05) is 12.1 Å². The highest BCUT2D eigenvalue weighted by molar-refractivity contribution is 6.39. The molecule has 0 aromatic heterocycles. The van der Waals surface area contributed by atoms with Gasteiger partial charge in [-0.25, -0.2) is 8.78 Å². The average molecular weight is 390 g/mol. The van der Waals surface area contributed by atoms with Crippen molar-refractivity contribution >= 4 is 23.2 Å². The first-order valence-corrected chi connectivity index (χ1v) is 8.67. The molecule has 0 saturated heterocycles. The van der Waals surface area contributed by atoms with Crippen molar-refractivity contribution in [2.24, 2.45) is 0 Å². The van der Waals surface area contributed by atoms with E-state index in [-0.39, 0.29) is 18.3 Å². The van der Waals surface area contributed by atoms with Gasteiger partial charge in [-0.2, -0.15) is 0 Å². The summed E-state index contributed by atoms with van der Waals surface area (Å²) in [6.45, 7) is 0.173. The zero-order chi connectivity index (χ0) is 20.8. The summed E-state index contributed by atoms with van der Waals surface area (Å²) in [5.74, 6) is -3.54. The number of likely N-dealkylation sites (N-methyl/N-ethyl adjacent to an activating group) is 1. The fourth-order valence-corrected chi connectivity index (χ4v) is 2.64. The van der Waals surface area contributed by atoms with E-state index in [1.54, 1.807) is 0 Å². The van der Waals surface area contributed by atoms with Crippen molar-refractivity contribution in [2.75, 3.05) is 45.0 Å². The molecule has 2 aromatic carbocycles. The number of amides is 2. The van der Waals surface area contributed by atoms with Crippen LogP contribution in [0.2, 0.25) is 0 Å². The summed E-state index contributed by atoms with van der Waals surface area (Å²) >= 11 is 0. The van der Waals surface area contributed by atoms with E-state index in [4.69, 9.17) is 0 Å². The van der Waals surface area contributed by atoms with Crippen molar-refractivity contribution in [3.63, 3.8) is 0 Å². The summed E-state index contributed by atoms with van der Waals surface area (Å²) in [6.07, 6.45) is 0. The van der Waals surface area contributed by atoms with Crippen LogP contribution < -0.4 is 15.5 Å². The lowest BCUT2D eigenvalue weighted by Gasteiger charge is -2.25. The predicted octanol–water partition coefficient (Wildman–Crippen LogP) is 2.39. The van der Waals surface area contributed by atoms with Crippen molar-refractivity contribution in [1.82, 2.24) is 10.2 Å². The van der Waals surface area contributed by atoms with Crippen LogP contribution in [-0.2, 0) is 9.59 Å². The fraction of sp³-hybridized carbons (Fsp3) is 0.300. The predicted molar refractivity (Wildman–Crippen MR) is 105 cm³/mol. The molecule has 8 heteroatoms. The first-order chi connectivity index (χ1) is 13.2. The quantitative estimate of drug-likeness (QED) is 0.744. The van der Waals surface area contributed by atoms with Crippen molar-refractivity contribution < 1.29 is 18.4 Å². The van der Waals surface area contributed by atoms with E-state index in [9.17, 15) is 18.4 Å². The second kappa shape index (κ2) is 9.27. The topological polar surface area (TPSA) is 64.7 Å². The molecule has 150 valence electrons. The van der Waals surface area contributed by atoms with Gasteiger partial charge in [0.2, 0.25) is 0 Å². The van der Waals surface area contributed by atoms with Crippen LogP contribution in [0.1, 0.15) is 11.6 Å². The van der Waals surface area contributed by atoms with Crippen LogP contribution in [0.5, 0.6) is 0 Å². The number of nitrogens with one attached hydrogen (secondary N) is 2. The van der Waals surface area contributed by atoms with Crippen molar-refractivity contribution in [3.8, 4) is 0 Å². The van der Waals surface area contributed by atoms with Crippen LogP contribution in [0, 0.1) is 11.6 Å². The maximum Gasteiger partial charge on any atom is 0.313 e. The van der Waals surface area contributed by atoms with E-state index in [0.29, 0.717) is 0 Å². The Balaban J connectivity index is 2.01. The number of rotatable bonds is 6. The van der Waals surface area contributed by atoms with E-state index in [1.807, 2.05) is 62.3 Å². The number of hydrogen-bond donors (Lipinski definition) is 2. The maximum absolute atomic E-state index is 13.6. The Morgan fingerprint density at radius 3 is 2.18 bits per heavy atom. The molecular formula is C20H24F2N4O2. The number of carbonyl (C=O) groups excluding carboxylic acids is 2. The summed E-state index contributed by atoms with van der Waals surface area (Å²) in [7, 11) is 7.61. The molecule has 0 spiro atoms. The normalized spacial score (nSPS) is 11.8. The molecular weight excluding hydrogens is 366 g/mol. The minimum atomic E-state index is -1.06. The molecule has 0 bridgehead atoms. The maximum atomic E-state index is 13.6. The largest absolute Gasteiger partial charge is 0.378 e. The summed E-state index contributed by atoms with van der Waals surface area (Å²) in [6, 6.07) is 10.3. The molecule has 0 heterocycles. The lowest BCUT2D eigenvalue weighted by Crippen LogP contribution is -2.40. The molecule has 0 aliphatic heterocycles. The molecule has 2 rings (SSSR count). The van der Waals surface area contributed by atoms with Gasteiger partial charge in [0.1, 0.15) is 11.6 Å². The second-order valence-electron chi connectivity index (χ2n) is 6.75. The molecule has 28 heavy (non-hydrogen) atoms.